The van der Waals surface area contributed by atoms with Gasteiger partial charge in [0.2, 0.25) is 10.0 Å². The summed E-state index contributed by atoms with van der Waals surface area (Å²) in [6.07, 6.45) is 0.659. The molecule has 4 nitrogen and oxygen atoms in total. The molecule has 3 N–H and O–H groups in total. The van der Waals surface area contributed by atoms with E-state index in [2.05, 4.69) is 4.72 Å². The number of rotatable bonds is 6. The second-order valence-corrected chi connectivity index (χ2v) is 6.84. The lowest BCUT2D eigenvalue weighted by molar-refractivity contribution is 0.550. The zero-order valence-corrected chi connectivity index (χ0v) is 12.0. The fraction of sp³-hybridized carbons (Fsp3) is 0.538. The maximum Gasteiger partial charge on any atom is 0.212 e. The Morgan fingerprint density at radius 3 is 2.39 bits per heavy atom. The van der Waals surface area contributed by atoms with Crippen LogP contribution in [0.15, 0.2) is 24.3 Å². The van der Waals surface area contributed by atoms with Crippen molar-refractivity contribution in [1.82, 2.24) is 4.72 Å². The summed E-state index contributed by atoms with van der Waals surface area (Å²) in [5, 5.41) is 0. The summed E-state index contributed by atoms with van der Waals surface area (Å²) in [6.45, 7) is 5.82. The van der Waals surface area contributed by atoms with Gasteiger partial charge in [0.25, 0.3) is 0 Å². The molecule has 1 atom stereocenters. The molecule has 1 rings (SSSR count). The molecule has 0 saturated carbocycles. The van der Waals surface area contributed by atoms with E-state index in [0.717, 1.165) is 5.56 Å². The van der Waals surface area contributed by atoms with E-state index in [1.807, 2.05) is 32.0 Å². The van der Waals surface area contributed by atoms with Gasteiger partial charge in [-0.2, -0.15) is 0 Å². The summed E-state index contributed by atoms with van der Waals surface area (Å²) in [6, 6.07) is 6.99. The zero-order valence-electron chi connectivity index (χ0n) is 11.2. The van der Waals surface area contributed by atoms with Crippen molar-refractivity contribution in [2.75, 3.05) is 11.5 Å². The van der Waals surface area contributed by atoms with Crippen molar-refractivity contribution < 1.29 is 8.42 Å². The molecule has 1 unspecified atom stereocenters. The highest BCUT2D eigenvalue weighted by Gasteiger charge is 2.17. The first-order chi connectivity index (χ1) is 8.32. The van der Waals surface area contributed by atoms with Crippen LogP contribution in [0.4, 0.5) is 5.69 Å². The SMILES string of the molecule is CC(C)CCS(=O)(=O)NC(C)c1ccccc1N. The smallest absolute Gasteiger partial charge is 0.212 e. The number of anilines is 1. The third-order valence-electron chi connectivity index (χ3n) is 2.78. The molecule has 18 heavy (non-hydrogen) atoms. The Balaban J connectivity index is 2.70. The molecule has 0 saturated heterocycles. The van der Waals surface area contributed by atoms with Crippen molar-refractivity contribution in [3.05, 3.63) is 29.8 Å². The van der Waals surface area contributed by atoms with Crippen molar-refractivity contribution >= 4 is 15.7 Å². The van der Waals surface area contributed by atoms with E-state index in [0.29, 0.717) is 18.0 Å². The summed E-state index contributed by atoms with van der Waals surface area (Å²) >= 11 is 0. The molecule has 0 aliphatic carbocycles. The van der Waals surface area contributed by atoms with Crippen molar-refractivity contribution in [2.24, 2.45) is 5.92 Å². The van der Waals surface area contributed by atoms with E-state index >= 15 is 0 Å². The first kappa shape index (κ1) is 15.0. The number of nitrogens with two attached hydrogens (primary N) is 1. The minimum atomic E-state index is -3.25. The summed E-state index contributed by atoms with van der Waals surface area (Å²) < 4.78 is 26.4. The molecular formula is C13H22N2O2S. The van der Waals surface area contributed by atoms with Gasteiger partial charge >= 0.3 is 0 Å². The molecule has 5 heteroatoms. The van der Waals surface area contributed by atoms with Crippen LogP contribution >= 0.6 is 0 Å². The van der Waals surface area contributed by atoms with Gasteiger partial charge in [-0.1, -0.05) is 32.0 Å². The van der Waals surface area contributed by atoms with Crippen LogP contribution in [0.25, 0.3) is 0 Å². The number of benzene rings is 1. The van der Waals surface area contributed by atoms with Crippen LogP contribution in [0.2, 0.25) is 0 Å². The normalized spacial score (nSPS) is 13.8. The van der Waals surface area contributed by atoms with Crippen LogP contribution in [0.1, 0.15) is 38.8 Å². The molecule has 0 spiro atoms. The van der Waals surface area contributed by atoms with Crippen LogP contribution in [0.3, 0.4) is 0 Å². The van der Waals surface area contributed by atoms with Gasteiger partial charge in [-0.15, -0.1) is 0 Å². The van der Waals surface area contributed by atoms with Gasteiger partial charge < -0.3 is 5.73 Å². The first-order valence-corrected chi connectivity index (χ1v) is 7.81. The quantitative estimate of drug-likeness (QED) is 0.779. The lowest BCUT2D eigenvalue weighted by Crippen LogP contribution is -2.30. The van der Waals surface area contributed by atoms with Crippen LogP contribution in [0.5, 0.6) is 0 Å². The van der Waals surface area contributed by atoms with Gasteiger partial charge in [0, 0.05) is 11.7 Å². The van der Waals surface area contributed by atoms with Crippen LogP contribution in [-0.4, -0.2) is 14.2 Å². The van der Waals surface area contributed by atoms with E-state index in [1.165, 1.54) is 0 Å². The van der Waals surface area contributed by atoms with Gasteiger partial charge in [-0.3, -0.25) is 0 Å². The van der Waals surface area contributed by atoms with Crippen molar-refractivity contribution in [2.45, 2.75) is 33.2 Å². The van der Waals surface area contributed by atoms with E-state index in [-0.39, 0.29) is 11.8 Å². The number of para-hydroxylation sites is 1. The molecule has 0 fully saturated rings. The van der Waals surface area contributed by atoms with Gasteiger partial charge in [-0.25, -0.2) is 13.1 Å². The molecule has 0 bridgehead atoms. The second kappa shape index (κ2) is 6.20. The third-order valence-corrected chi connectivity index (χ3v) is 4.27. The lowest BCUT2D eigenvalue weighted by Gasteiger charge is -2.16. The molecule has 1 aromatic rings. The number of hydrogen-bond acceptors (Lipinski definition) is 3. The average molecular weight is 270 g/mol. The Labute approximate surface area is 110 Å². The fourth-order valence-electron chi connectivity index (χ4n) is 1.69. The highest BCUT2D eigenvalue weighted by Crippen LogP contribution is 2.20. The van der Waals surface area contributed by atoms with Crippen molar-refractivity contribution in [1.29, 1.82) is 0 Å². The maximum atomic E-state index is 11.9. The summed E-state index contributed by atoms with van der Waals surface area (Å²) in [5.41, 5.74) is 7.25. The Bertz CT molecular complexity index is 484. The van der Waals surface area contributed by atoms with E-state index in [4.69, 9.17) is 5.73 Å². The molecule has 0 heterocycles. The predicted octanol–water partition coefficient (Wildman–Crippen LogP) is 2.30. The molecule has 1 aromatic carbocycles. The molecule has 0 amide bonds. The number of sulfonamides is 1. The van der Waals surface area contributed by atoms with Crippen LogP contribution in [0, 0.1) is 5.92 Å². The third kappa shape index (κ3) is 4.66. The zero-order chi connectivity index (χ0) is 13.8. The lowest BCUT2D eigenvalue weighted by atomic mass is 10.1. The van der Waals surface area contributed by atoms with Gasteiger partial charge in [-0.05, 0) is 30.9 Å². The molecule has 0 aromatic heterocycles. The largest absolute Gasteiger partial charge is 0.398 e. The molecule has 0 radical (unpaired) electrons. The highest BCUT2D eigenvalue weighted by atomic mass is 32.2. The minimum Gasteiger partial charge on any atom is -0.398 e. The highest BCUT2D eigenvalue weighted by molar-refractivity contribution is 7.89. The topological polar surface area (TPSA) is 72.2 Å². The molecule has 0 aliphatic heterocycles. The average Bonchev–Trinajstić information content (AvgIpc) is 2.26. The standard InChI is InChI=1S/C13H22N2O2S/c1-10(2)8-9-18(16,17)15-11(3)12-6-4-5-7-13(12)14/h4-7,10-11,15H,8-9,14H2,1-3H3. The van der Waals surface area contributed by atoms with E-state index in [9.17, 15) is 8.42 Å². The number of nitrogens with one attached hydrogen (secondary N) is 1. The Kier molecular flexibility index (Phi) is 5.16. The minimum absolute atomic E-state index is 0.155. The Hall–Kier alpha value is -1.07. The Morgan fingerprint density at radius 2 is 1.83 bits per heavy atom. The van der Waals surface area contributed by atoms with Gasteiger partial charge in [0.15, 0.2) is 0 Å². The van der Waals surface area contributed by atoms with E-state index < -0.39 is 10.0 Å². The molecular weight excluding hydrogens is 248 g/mol. The monoisotopic (exact) mass is 270 g/mol. The fourth-order valence-corrected chi connectivity index (χ4v) is 3.25. The van der Waals surface area contributed by atoms with Crippen LogP contribution in [-0.2, 0) is 10.0 Å². The molecule has 102 valence electrons. The van der Waals surface area contributed by atoms with Gasteiger partial charge in [0.05, 0.1) is 5.75 Å². The van der Waals surface area contributed by atoms with Gasteiger partial charge in [0.1, 0.15) is 0 Å². The summed E-state index contributed by atoms with van der Waals surface area (Å²) in [4.78, 5) is 0. The van der Waals surface area contributed by atoms with Crippen molar-refractivity contribution in [3.8, 4) is 0 Å². The number of nitrogen functional groups attached to an aromatic ring is 1. The van der Waals surface area contributed by atoms with Crippen molar-refractivity contribution in [3.63, 3.8) is 0 Å². The predicted molar refractivity (Wildman–Crippen MR) is 75.6 cm³/mol. The molecule has 0 aliphatic rings. The summed E-state index contributed by atoms with van der Waals surface area (Å²) in [7, 11) is -3.25. The Morgan fingerprint density at radius 1 is 1.22 bits per heavy atom. The summed E-state index contributed by atoms with van der Waals surface area (Å²) in [5.74, 6) is 0.528. The second-order valence-electron chi connectivity index (χ2n) is 4.97. The number of hydrogen-bond donors (Lipinski definition) is 2. The van der Waals surface area contributed by atoms with E-state index in [1.54, 1.807) is 13.0 Å². The maximum absolute atomic E-state index is 11.9. The van der Waals surface area contributed by atoms with Crippen LogP contribution < -0.4 is 10.5 Å². The first-order valence-electron chi connectivity index (χ1n) is 6.16.